The number of rotatable bonds is 3. The molecule has 24 heavy (non-hydrogen) atoms. The van der Waals surface area contributed by atoms with Crippen molar-refractivity contribution >= 4 is 0 Å². The van der Waals surface area contributed by atoms with Crippen molar-refractivity contribution in [1.29, 1.82) is 0 Å². The van der Waals surface area contributed by atoms with E-state index in [0.29, 0.717) is 0 Å². The molecule has 0 bridgehead atoms. The van der Waals surface area contributed by atoms with Gasteiger partial charge in [-0.2, -0.15) is 0 Å². The molecule has 0 saturated heterocycles. The fraction of sp³-hybridized carbons (Fsp3) is 0.870. The van der Waals surface area contributed by atoms with E-state index in [1.54, 1.807) is 89.9 Å². The average Bonchev–Trinajstić information content (AvgIpc) is 3.09. The molecule has 0 spiro atoms. The SMILES string of the molecule is C1CCC2C(C1)CCC2CCC1CCC2CCCCC21.[CH3-].[CH3-].[CH3-].[Zr+3]. The summed E-state index contributed by atoms with van der Waals surface area (Å²) in [5.41, 5.74) is 0. The largest absolute Gasteiger partial charge is 3.00 e. The second-order valence-corrected chi connectivity index (χ2v) is 8.67. The van der Waals surface area contributed by atoms with Crippen molar-refractivity contribution in [2.24, 2.45) is 35.5 Å². The van der Waals surface area contributed by atoms with Gasteiger partial charge in [-0.15, -0.1) is 0 Å². The van der Waals surface area contributed by atoms with Crippen LogP contribution in [0, 0.1) is 57.8 Å². The maximum atomic E-state index is 1.61. The van der Waals surface area contributed by atoms with Gasteiger partial charge in [0.15, 0.2) is 0 Å². The molecule has 1 radical (unpaired) electrons. The summed E-state index contributed by atoms with van der Waals surface area (Å²) in [6.07, 6.45) is 22.1. The third-order valence-electron chi connectivity index (χ3n) is 7.87. The summed E-state index contributed by atoms with van der Waals surface area (Å²) in [5, 5.41) is 0. The Morgan fingerprint density at radius 3 is 1.25 bits per heavy atom. The van der Waals surface area contributed by atoms with Crippen LogP contribution >= 0.6 is 0 Å². The summed E-state index contributed by atoms with van der Waals surface area (Å²) >= 11 is 0. The van der Waals surface area contributed by atoms with Crippen molar-refractivity contribution in [2.75, 3.05) is 0 Å². The van der Waals surface area contributed by atoms with Gasteiger partial charge in [0, 0.05) is 0 Å². The zero-order chi connectivity index (χ0) is 13.4. The van der Waals surface area contributed by atoms with E-state index < -0.39 is 0 Å². The molecule has 4 aliphatic rings. The Balaban J connectivity index is 0.00000132. The molecule has 4 rings (SSSR count). The third kappa shape index (κ3) is 5.21. The molecule has 0 aromatic carbocycles. The van der Waals surface area contributed by atoms with Crippen LogP contribution in [0.1, 0.15) is 89.9 Å². The number of hydrogen-bond donors (Lipinski definition) is 0. The molecular weight excluding hydrogens is 367 g/mol. The quantitative estimate of drug-likeness (QED) is 0.421. The van der Waals surface area contributed by atoms with E-state index in [1.807, 2.05) is 0 Å². The smallest absolute Gasteiger partial charge is 0.358 e. The van der Waals surface area contributed by atoms with Crippen LogP contribution in [0.15, 0.2) is 0 Å². The summed E-state index contributed by atoms with van der Waals surface area (Å²) in [4.78, 5) is 0. The predicted molar refractivity (Wildman–Crippen MR) is 105 cm³/mol. The van der Waals surface area contributed by atoms with Gasteiger partial charge in [0.05, 0.1) is 0 Å². The van der Waals surface area contributed by atoms with E-state index in [9.17, 15) is 0 Å². The fourth-order valence-electron chi connectivity index (χ4n) is 6.86. The molecule has 0 aliphatic heterocycles. The van der Waals surface area contributed by atoms with E-state index in [0.717, 1.165) is 35.5 Å². The summed E-state index contributed by atoms with van der Waals surface area (Å²) in [6.45, 7) is 0. The molecule has 0 amide bonds. The first-order chi connectivity index (χ1) is 9.92. The fourth-order valence-corrected chi connectivity index (χ4v) is 6.86. The Bertz CT molecular complexity index is 294. The summed E-state index contributed by atoms with van der Waals surface area (Å²) in [7, 11) is 0. The van der Waals surface area contributed by atoms with E-state index in [-0.39, 0.29) is 48.5 Å². The number of hydrogen-bond acceptors (Lipinski definition) is 0. The van der Waals surface area contributed by atoms with E-state index in [1.165, 1.54) is 0 Å². The molecular formula is C23H43Zr. The molecule has 6 atom stereocenters. The summed E-state index contributed by atoms with van der Waals surface area (Å²) in [5.74, 6) is 6.91. The van der Waals surface area contributed by atoms with Crippen LogP contribution in [0.4, 0.5) is 0 Å². The van der Waals surface area contributed by atoms with Crippen LogP contribution in [0.2, 0.25) is 0 Å². The van der Waals surface area contributed by atoms with E-state index in [4.69, 9.17) is 0 Å². The van der Waals surface area contributed by atoms with Crippen LogP contribution in [0.3, 0.4) is 0 Å². The normalized spacial score (nSPS) is 40.0. The van der Waals surface area contributed by atoms with Crippen molar-refractivity contribution < 1.29 is 26.2 Å². The van der Waals surface area contributed by atoms with Crippen molar-refractivity contribution in [3.63, 3.8) is 0 Å². The first-order valence-electron chi connectivity index (χ1n) is 9.92. The second kappa shape index (κ2) is 11.6. The van der Waals surface area contributed by atoms with Crippen LogP contribution < -0.4 is 0 Å². The topological polar surface area (TPSA) is 0 Å². The van der Waals surface area contributed by atoms with Gasteiger partial charge < -0.3 is 22.3 Å². The Labute approximate surface area is 173 Å². The monoisotopic (exact) mass is 409 g/mol. The molecule has 139 valence electrons. The van der Waals surface area contributed by atoms with Crippen LogP contribution in [0.25, 0.3) is 0 Å². The van der Waals surface area contributed by atoms with Gasteiger partial charge in [-0.25, -0.2) is 0 Å². The van der Waals surface area contributed by atoms with Crippen molar-refractivity contribution in [1.82, 2.24) is 0 Å². The van der Waals surface area contributed by atoms with E-state index in [2.05, 4.69) is 0 Å². The molecule has 0 aromatic heterocycles. The van der Waals surface area contributed by atoms with E-state index >= 15 is 0 Å². The minimum absolute atomic E-state index is 0. The van der Waals surface area contributed by atoms with Gasteiger partial charge in [0.25, 0.3) is 0 Å². The predicted octanol–water partition coefficient (Wildman–Crippen LogP) is 7.55. The Hall–Kier alpha value is 0.883. The maximum absolute atomic E-state index is 1.61. The second-order valence-electron chi connectivity index (χ2n) is 8.67. The first-order valence-corrected chi connectivity index (χ1v) is 9.92. The minimum atomic E-state index is 0. The molecule has 4 fully saturated rings. The maximum Gasteiger partial charge on any atom is 3.00 e. The molecule has 1 heteroatoms. The standard InChI is InChI=1S/C20H34.3CH3.Zr/c1-3-7-19-15(5-1)9-11-17(19)13-14-18-12-10-16-6-2-4-8-20(16)18;;;;/h15-20H,1-14H2;3*1H3;/q;3*-1;+3. The van der Waals surface area contributed by atoms with Gasteiger partial charge in [-0.3, -0.25) is 0 Å². The minimum Gasteiger partial charge on any atom is -0.358 e. The van der Waals surface area contributed by atoms with Gasteiger partial charge in [-0.1, -0.05) is 38.5 Å². The third-order valence-corrected chi connectivity index (χ3v) is 7.87. The zero-order valence-electron chi connectivity index (χ0n) is 16.9. The van der Waals surface area contributed by atoms with Gasteiger partial charge in [0.1, 0.15) is 0 Å². The molecule has 0 heterocycles. The van der Waals surface area contributed by atoms with Crippen LogP contribution in [-0.4, -0.2) is 0 Å². The molecule has 4 aliphatic carbocycles. The Kier molecular flexibility index (Phi) is 12.0. The Morgan fingerprint density at radius 2 is 0.833 bits per heavy atom. The molecule has 0 N–H and O–H groups in total. The van der Waals surface area contributed by atoms with Gasteiger partial charge >= 0.3 is 26.2 Å². The summed E-state index contributed by atoms with van der Waals surface area (Å²) in [6, 6.07) is 0. The van der Waals surface area contributed by atoms with Crippen molar-refractivity contribution in [3.05, 3.63) is 22.3 Å². The van der Waals surface area contributed by atoms with Crippen LogP contribution in [-0.2, 0) is 26.2 Å². The van der Waals surface area contributed by atoms with Gasteiger partial charge in [0.2, 0.25) is 0 Å². The zero-order valence-corrected chi connectivity index (χ0v) is 19.3. The van der Waals surface area contributed by atoms with Crippen LogP contribution in [0.5, 0.6) is 0 Å². The Morgan fingerprint density at radius 1 is 0.458 bits per heavy atom. The first kappa shape index (κ1) is 24.9. The van der Waals surface area contributed by atoms with Crippen molar-refractivity contribution in [2.45, 2.75) is 89.9 Å². The average molecular weight is 411 g/mol. The molecule has 0 nitrogen and oxygen atoms in total. The van der Waals surface area contributed by atoms with Gasteiger partial charge in [-0.05, 0) is 86.9 Å². The number of fused-ring (bicyclic) bond motifs is 2. The molecule has 0 aromatic rings. The molecule has 4 saturated carbocycles. The van der Waals surface area contributed by atoms with Crippen molar-refractivity contribution in [3.8, 4) is 0 Å². The summed E-state index contributed by atoms with van der Waals surface area (Å²) < 4.78 is 0. The molecule has 6 unspecified atom stereocenters.